The van der Waals surface area contributed by atoms with E-state index in [1.807, 2.05) is 24.3 Å². The summed E-state index contributed by atoms with van der Waals surface area (Å²) in [5.74, 6) is -0.932. The number of hydrogen-bond acceptors (Lipinski definition) is 5. The Morgan fingerprint density at radius 1 is 1.48 bits per heavy atom. The van der Waals surface area contributed by atoms with Crippen LogP contribution in [0.3, 0.4) is 0 Å². The van der Waals surface area contributed by atoms with Gasteiger partial charge in [0, 0.05) is 17.9 Å². The van der Waals surface area contributed by atoms with E-state index in [9.17, 15) is 9.59 Å². The molecule has 1 aromatic carbocycles. The molecule has 0 spiro atoms. The molecule has 1 atom stereocenters. The molecule has 1 aromatic heterocycles. The molecule has 0 saturated carbocycles. The lowest BCUT2D eigenvalue weighted by molar-refractivity contribution is -0.116. The number of fused-ring (bicyclic) bond motifs is 1. The zero-order valence-electron chi connectivity index (χ0n) is 11.1. The van der Waals surface area contributed by atoms with Gasteiger partial charge >= 0.3 is 5.97 Å². The second-order valence-corrected chi connectivity index (χ2v) is 5.43. The molecule has 0 saturated heterocycles. The molecule has 0 radical (unpaired) electrons. The van der Waals surface area contributed by atoms with Crippen LogP contribution >= 0.6 is 11.5 Å². The highest BCUT2D eigenvalue weighted by molar-refractivity contribution is 7.06. The van der Waals surface area contributed by atoms with E-state index in [2.05, 4.69) is 9.69 Å². The van der Waals surface area contributed by atoms with Crippen LogP contribution in [0.2, 0.25) is 0 Å². The Balaban J connectivity index is 2.14. The Bertz CT molecular complexity index is 726. The Labute approximate surface area is 124 Å². The first-order valence-corrected chi connectivity index (χ1v) is 7.04. The molecule has 2 N–H and O–H groups in total. The summed E-state index contributed by atoms with van der Waals surface area (Å²) in [6.07, 6.45) is 0.245. The fourth-order valence-electron chi connectivity index (χ4n) is 2.48. The van der Waals surface area contributed by atoms with E-state index in [4.69, 9.17) is 9.84 Å². The van der Waals surface area contributed by atoms with E-state index in [0.717, 1.165) is 22.0 Å². The number of nitrogens with zero attached hydrogens (tertiary/aromatic N) is 1. The van der Waals surface area contributed by atoms with E-state index in [1.54, 1.807) is 7.11 Å². The smallest absolute Gasteiger partial charge is 0.357 e. The first-order chi connectivity index (χ1) is 10.1. The zero-order valence-corrected chi connectivity index (χ0v) is 11.9. The van der Waals surface area contributed by atoms with Crippen LogP contribution in [0.1, 0.15) is 33.3 Å². The van der Waals surface area contributed by atoms with Gasteiger partial charge in [0.1, 0.15) is 5.75 Å². The molecule has 1 aliphatic rings. The van der Waals surface area contributed by atoms with Crippen molar-refractivity contribution in [3.05, 3.63) is 40.4 Å². The van der Waals surface area contributed by atoms with Crippen molar-refractivity contribution in [3.8, 4) is 5.75 Å². The summed E-state index contributed by atoms with van der Waals surface area (Å²) in [5.41, 5.74) is 1.05. The lowest BCUT2D eigenvalue weighted by atomic mass is 9.89. The van der Waals surface area contributed by atoms with E-state index in [-0.39, 0.29) is 23.9 Å². The molecule has 6 nitrogen and oxygen atoms in total. The maximum Gasteiger partial charge on any atom is 0.357 e. The third-order valence-electron chi connectivity index (χ3n) is 3.41. The van der Waals surface area contributed by atoms with Crippen molar-refractivity contribution < 1.29 is 19.4 Å². The third-order valence-corrected chi connectivity index (χ3v) is 4.37. The molecule has 7 heteroatoms. The topological polar surface area (TPSA) is 88.5 Å². The average molecular weight is 304 g/mol. The average Bonchev–Trinajstić information content (AvgIpc) is 2.90. The summed E-state index contributed by atoms with van der Waals surface area (Å²) in [6, 6.07) is 7.41. The fourth-order valence-corrected chi connectivity index (χ4v) is 3.42. The van der Waals surface area contributed by atoms with Gasteiger partial charge in [-0.1, -0.05) is 18.2 Å². The number of rotatable bonds is 3. The number of carbonyl (C=O) groups is 2. The lowest BCUT2D eigenvalue weighted by Gasteiger charge is -2.23. The van der Waals surface area contributed by atoms with Crippen molar-refractivity contribution in [2.75, 3.05) is 12.4 Å². The fraction of sp³-hybridized carbons (Fsp3) is 0.214. The van der Waals surface area contributed by atoms with Gasteiger partial charge < -0.3 is 15.2 Å². The number of amides is 1. The number of nitrogens with one attached hydrogen (secondary N) is 1. The standard InChI is InChI=1S/C14H12N2O4S/c1-20-9-5-3-2-4-7(9)8-6-10(17)15-11-12(14(18)19)16-21-13(8)11/h2-5,8H,6H2,1H3,(H,15,17)(H,18,19)/t8-/m1/s1. The second-order valence-electron chi connectivity index (χ2n) is 4.62. The number of aromatic carboxylic acids is 1. The number of carboxylic acids is 1. The van der Waals surface area contributed by atoms with Gasteiger partial charge in [0.25, 0.3) is 0 Å². The molecular weight excluding hydrogens is 292 g/mol. The van der Waals surface area contributed by atoms with Crippen molar-refractivity contribution >= 4 is 29.1 Å². The maximum atomic E-state index is 11.9. The number of ether oxygens (including phenoxy) is 1. The van der Waals surface area contributed by atoms with E-state index < -0.39 is 5.97 Å². The van der Waals surface area contributed by atoms with Crippen LogP contribution in [0.4, 0.5) is 5.69 Å². The molecule has 0 unspecified atom stereocenters. The SMILES string of the molecule is COc1ccccc1[C@H]1CC(=O)Nc2c(C(=O)O)nsc21. The van der Waals surface area contributed by atoms with Gasteiger partial charge in [-0.25, -0.2) is 4.79 Å². The molecule has 0 fully saturated rings. The highest BCUT2D eigenvalue weighted by atomic mass is 32.1. The Hall–Kier alpha value is -2.41. The van der Waals surface area contributed by atoms with Crippen LogP contribution in [0, 0.1) is 0 Å². The molecule has 0 aliphatic carbocycles. The summed E-state index contributed by atoms with van der Waals surface area (Å²) in [5, 5.41) is 11.8. The van der Waals surface area contributed by atoms with Crippen molar-refractivity contribution in [2.24, 2.45) is 0 Å². The minimum absolute atomic E-state index is 0.108. The third kappa shape index (κ3) is 2.25. The molecule has 21 heavy (non-hydrogen) atoms. The number of methoxy groups -OCH3 is 1. The van der Waals surface area contributed by atoms with Gasteiger partial charge in [0.15, 0.2) is 5.69 Å². The number of anilines is 1. The van der Waals surface area contributed by atoms with Crippen LogP contribution in [0.5, 0.6) is 5.75 Å². The van der Waals surface area contributed by atoms with Crippen molar-refractivity contribution in [3.63, 3.8) is 0 Å². The van der Waals surface area contributed by atoms with Gasteiger partial charge in [0.05, 0.1) is 17.7 Å². The van der Waals surface area contributed by atoms with E-state index in [1.165, 1.54) is 0 Å². The minimum Gasteiger partial charge on any atom is -0.496 e. The van der Waals surface area contributed by atoms with Crippen LogP contribution in [-0.2, 0) is 4.79 Å². The summed E-state index contributed by atoms with van der Waals surface area (Å²) < 4.78 is 9.29. The highest BCUT2D eigenvalue weighted by Crippen LogP contribution is 2.44. The summed E-state index contributed by atoms with van der Waals surface area (Å²) >= 11 is 1.10. The zero-order chi connectivity index (χ0) is 15.0. The molecule has 2 heterocycles. The predicted octanol–water partition coefficient (Wildman–Crippen LogP) is 2.32. The first kappa shape index (κ1) is 13.6. The summed E-state index contributed by atoms with van der Waals surface area (Å²) in [7, 11) is 1.57. The number of aromatic nitrogens is 1. The second kappa shape index (κ2) is 5.17. The molecule has 1 amide bonds. The van der Waals surface area contributed by atoms with Gasteiger partial charge in [-0.3, -0.25) is 4.79 Å². The van der Waals surface area contributed by atoms with Gasteiger partial charge in [-0.05, 0) is 17.6 Å². The van der Waals surface area contributed by atoms with Crippen LogP contribution in [-0.4, -0.2) is 28.5 Å². The van der Waals surface area contributed by atoms with E-state index in [0.29, 0.717) is 11.4 Å². The van der Waals surface area contributed by atoms with Crippen LogP contribution in [0.15, 0.2) is 24.3 Å². The number of benzene rings is 1. The Morgan fingerprint density at radius 3 is 2.95 bits per heavy atom. The van der Waals surface area contributed by atoms with Crippen molar-refractivity contribution in [1.82, 2.24) is 4.37 Å². The number of carbonyl (C=O) groups excluding carboxylic acids is 1. The molecule has 3 rings (SSSR count). The first-order valence-electron chi connectivity index (χ1n) is 6.27. The lowest BCUT2D eigenvalue weighted by Crippen LogP contribution is -2.23. The number of carboxylic acid groups (broad SMARTS) is 1. The number of hydrogen-bond donors (Lipinski definition) is 2. The van der Waals surface area contributed by atoms with Crippen LogP contribution in [0.25, 0.3) is 0 Å². The largest absolute Gasteiger partial charge is 0.496 e. The summed E-state index contributed by atoms with van der Waals surface area (Å²) in [4.78, 5) is 23.8. The molecule has 0 bridgehead atoms. The molecular formula is C14H12N2O4S. The minimum atomic E-state index is -1.14. The maximum absolute atomic E-state index is 11.9. The highest BCUT2D eigenvalue weighted by Gasteiger charge is 2.34. The Kier molecular flexibility index (Phi) is 3.34. The quantitative estimate of drug-likeness (QED) is 0.908. The van der Waals surface area contributed by atoms with Crippen LogP contribution < -0.4 is 10.1 Å². The molecule has 108 valence electrons. The normalized spacial score (nSPS) is 17.0. The van der Waals surface area contributed by atoms with Crippen molar-refractivity contribution in [2.45, 2.75) is 12.3 Å². The summed E-state index contributed by atoms with van der Waals surface area (Å²) in [6.45, 7) is 0. The number of para-hydroxylation sites is 1. The van der Waals surface area contributed by atoms with E-state index >= 15 is 0 Å². The van der Waals surface area contributed by atoms with Gasteiger partial charge in [-0.2, -0.15) is 4.37 Å². The Morgan fingerprint density at radius 2 is 2.24 bits per heavy atom. The monoisotopic (exact) mass is 304 g/mol. The van der Waals surface area contributed by atoms with Gasteiger partial charge in [-0.15, -0.1) is 0 Å². The molecule has 1 aliphatic heterocycles. The van der Waals surface area contributed by atoms with Crippen molar-refractivity contribution in [1.29, 1.82) is 0 Å². The van der Waals surface area contributed by atoms with Gasteiger partial charge in [0.2, 0.25) is 5.91 Å². The molecule has 2 aromatic rings. The predicted molar refractivity (Wildman–Crippen MR) is 77.2 cm³/mol.